The first-order chi connectivity index (χ1) is 15.4. The van der Waals surface area contributed by atoms with E-state index in [1.165, 1.54) is 30.3 Å². The number of anilines is 1. The number of H-pyrrole nitrogens is 1. The predicted molar refractivity (Wildman–Crippen MR) is 120 cm³/mol. The summed E-state index contributed by atoms with van der Waals surface area (Å²) in [5.74, 6) is -2.58. The summed E-state index contributed by atoms with van der Waals surface area (Å²) in [5, 5.41) is 0. The van der Waals surface area contributed by atoms with Gasteiger partial charge in [0.05, 0.1) is 4.90 Å². The van der Waals surface area contributed by atoms with Crippen molar-refractivity contribution in [1.82, 2.24) is 14.9 Å². The van der Waals surface area contributed by atoms with Crippen LogP contribution in [0.5, 0.6) is 0 Å². The number of pyridine rings is 1. The van der Waals surface area contributed by atoms with E-state index < -0.39 is 44.0 Å². The topological polar surface area (TPSA) is 152 Å². The van der Waals surface area contributed by atoms with E-state index in [9.17, 15) is 22.4 Å². The number of sulfone groups is 1. The second kappa shape index (κ2) is 9.02. The molecule has 0 aliphatic carbocycles. The summed E-state index contributed by atoms with van der Waals surface area (Å²) in [4.78, 5) is 32.6. The molecule has 0 aliphatic heterocycles. The third-order valence-corrected chi connectivity index (χ3v) is 6.85. The summed E-state index contributed by atoms with van der Waals surface area (Å²) in [5.41, 5.74) is 11.4. The first kappa shape index (κ1) is 23.9. The normalized spacial score (nSPS) is 11.5. The highest BCUT2D eigenvalue weighted by atomic mass is 32.2. The molecule has 5 N–H and O–H groups in total. The molecule has 0 saturated heterocycles. The molecule has 2 amide bonds. The number of aromatic amines is 1. The Labute approximate surface area is 190 Å². The number of halogens is 1. The van der Waals surface area contributed by atoms with Gasteiger partial charge in [-0.15, -0.1) is 0 Å². The smallest absolute Gasteiger partial charge is 0.270 e. The number of amides is 2. The van der Waals surface area contributed by atoms with Crippen molar-refractivity contribution in [3.63, 3.8) is 0 Å². The molecule has 3 aromatic rings. The van der Waals surface area contributed by atoms with E-state index in [1.54, 1.807) is 26.0 Å². The quantitative estimate of drug-likeness (QED) is 0.479. The molecule has 174 valence electrons. The maximum Gasteiger partial charge on any atom is 0.270 e. The predicted octanol–water partition coefficient (Wildman–Crippen LogP) is 2.46. The molecule has 1 aromatic carbocycles. The fourth-order valence-corrected chi connectivity index (χ4v) is 5.36. The van der Waals surface area contributed by atoms with Gasteiger partial charge in [-0.2, -0.15) is 0 Å². The van der Waals surface area contributed by atoms with Gasteiger partial charge in [-0.3, -0.25) is 9.59 Å². The Morgan fingerprint density at radius 2 is 1.88 bits per heavy atom. The van der Waals surface area contributed by atoms with Crippen molar-refractivity contribution in [2.24, 2.45) is 5.73 Å². The maximum absolute atomic E-state index is 13.8. The van der Waals surface area contributed by atoms with E-state index in [0.717, 1.165) is 12.1 Å². The lowest BCUT2D eigenvalue weighted by Gasteiger charge is -2.19. The van der Waals surface area contributed by atoms with Gasteiger partial charge in [0.2, 0.25) is 9.84 Å². The number of primary amides is 1. The number of nitrogens with zero attached hydrogens (tertiary/aromatic N) is 2. The van der Waals surface area contributed by atoms with Gasteiger partial charge < -0.3 is 21.4 Å². The molecule has 33 heavy (non-hydrogen) atoms. The summed E-state index contributed by atoms with van der Waals surface area (Å²) in [6.45, 7) is 3.51. The van der Waals surface area contributed by atoms with E-state index in [-0.39, 0.29) is 28.5 Å². The monoisotopic (exact) mass is 473 g/mol. The molecule has 0 spiro atoms. The van der Waals surface area contributed by atoms with Crippen LogP contribution in [-0.4, -0.2) is 42.1 Å². The molecule has 0 atom stereocenters. The molecule has 0 radical (unpaired) electrons. The standard InChI is InChI=1S/C22H24FN5O4S/c1-12(2)17-18(22(30)28(3)11-13-7-8-26-16(24)9-13)27-19(21(25)29)20(17)33(31,32)15-6-4-5-14(23)10-15/h4-10,12,27H,11H2,1-3H3,(H2,24,26)(H2,25,29). The summed E-state index contributed by atoms with van der Waals surface area (Å²) in [6.07, 6.45) is 1.51. The number of carbonyl (C=O) groups excluding carboxylic acids is 2. The van der Waals surface area contributed by atoms with Crippen molar-refractivity contribution in [2.75, 3.05) is 12.8 Å². The highest BCUT2D eigenvalue weighted by molar-refractivity contribution is 7.91. The molecular formula is C22H24FN5O4S. The molecule has 0 saturated carbocycles. The van der Waals surface area contributed by atoms with Crippen LogP contribution in [-0.2, 0) is 16.4 Å². The summed E-state index contributed by atoms with van der Waals surface area (Å²) in [7, 11) is -2.86. The van der Waals surface area contributed by atoms with Gasteiger partial charge in [-0.1, -0.05) is 19.9 Å². The molecule has 0 unspecified atom stereocenters. The van der Waals surface area contributed by atoms with Crippen molar-refractivity contribution < 1.29 is 22.4 Å². The number of nitrogens with two attached hydrogens (primary N) is 2. The lowest BCUT2D eigenvalue weighted by Crippen LogP contribution is -2.28. The Balaban J connectivity index is 2.16. The van der Waals surface area contributed by atoms with Crippen molar-refractivity contribution in [3.05, 3.63) is 70.9 Å². The van der Waals surface area contributed by atoms with Crippen molar-refractivity contribution >= 4 is 27.5 Å². The average molecular weight is 474 g/mol. The molecule has 11 heteroatoms. The molecule has 2 heterocycles. The van der Waals surface area contributed by atoms with Gasteiger partial charge in [0.25, 0.3) is 11.8 Å². The minimum absolute atomic E-state index is 0.0849. The molecular weight excluding hydrogens is 449 g/mol. The van der Waals surface area contributed by atoms with Gasteiger partial charge in [-0.25, -0.2) is 17.8 Å². The molecule has 0 aliphatic rings. The number of aromatic nitrogens is 2. The SMILES string of the molecule is CC(C)c1c(C(=O)N(C)Cc2ccnc(N)c2)[nH]c(C(N)=O)c1S(=O)(=O)c1cccc(F)c1. The number of hydrogen-bond acceptors (Lipinski definition) is 6. The lowest BCUT2D eigenvalue weighted by atomic mass is 10.0. The fraction of sp³-hybridized carbons (Fsp3) is 0.227. The number of hydrogen-bond donors (Lipinski definition) is 3. The highest BCUT2D eigenvalue weighted by Gasteiger charge is 2.35. The summed E-state index contributed by atoms with van der Waals surface area (Å²) < 4.78 is 40.6. The third kappa shape index (κ3) is 4.72. The zero-order chi connectivity index (χ0) is 24.5. The number of rotatable bonds is 7. The highest BCUT2D eigenvalue weighted by Crippen LogP contribution is 2.35. The van der Waals surface area contributed by atoms with Crippen molar-refractivity contribution in [3.8, 4) is 0 Å². The molecule has 2 aromatic heterocycles. The summed E-state index contributed by atoms with van der Waals surface area (Å²) >= 11 is 0. The molecule has 0 bridgehead atoms. The van der Waals surface area contributed by atoms with E-state index in [1.807, 2.05) is 0 Å². The van der Waals surface area contributed by atoms with Crippen LogP contribution < -0.4 is 11.5 Å². The average Bonchev–Trinajstić information content (AvgIpc) is 3.15. The zero-order valence-corrected chi connectivity index (χ0v) is 19.1. The Hall–Kier alpha value is -3.73. The minimum Gasteiger partial charge on any atom is -0.384 e. The molecule has 9 nitrogen and oxygen atoms in total. The molecule has 3 rings (SSSR count). The number of nitrogen functional groups attached to an aromatic ring is 1. The Kier molecular flexibility index (Phi) is 6.54. The van der Waals surface area contributed by atoms with Crippen LogP contribution in [0.3, 0.4) is 0 Å². The number of benzene rings is 1. The largest absolute Gasteiger partial charge is 0.384 e. The van der Waals surface area contributed by atoms with Gasteiger partial charge in [0.1, 0.15) is 27.9 Å². The van der Waals surface area contributed by atoms with Crippen molar-refractivity contribution in [1.29, 1.82) is 0 Å². The van der Waals surface area contributed by atoms with Crippen molar-refractivity contribution in [2.45, 2.75) is 36.1 Å². The van der Waals surface area contributed by atoms with Crippen LogP contribution in [0.25, 0.3) is 0 Å². The summed E-state index contributed by atoms with van der Waals surface area (Å²) in [6, 6.07) is 7.70. The third-order valence-electron chi connectivity index (χ3n) is 5.02. The number of carbonyl (C=O) groups is 2. The van der Waals surface area contributed by atoms with Crippen LogP contribution in [0.2, 0.25) is 0 Å². The second-order valence-electron chi connectivity index (χ2n) is 7.85. The first-order valence-corrected chi connectivity index (χ1v) is 11.4. The maximum atomic E-state index is 13.8. The van der Waals surface area contributed by atoms with Crippen LogP contribution in [0, 0.1) is 5.82 Å². The van der Waals surface area contributed by atoms with Gasteiger partial charge in [0.15, 0.2) is 0 Å². The van der Waals surface area contributed by atoms with Gasteiger partial charge in [0, 0.05) is 25.4 Å². The van der Waals surface area contributed by atoms with E-state index >= 15 is 0 Å². The first-order valence-electron chi connectivity index (χ1n) is 9.95. The van der Waals surface area contributed by atoms with Crippen LogP contribution in [0.4, 0.5) is 10.2 Å². The zero-order valence-electron chi connectivity index (χ0n) is 18.3. The second-order valence-corrected chi connectivity index (χ2v) is 9.73. The van der Waals surface area contributed by atoms with E-state index in [4.69, 9.17) is 11.5 Å². The number of nitrogens with one attached hydrogen (secondary N) is 1. The Bertz CT molecular complexity index is 1330. The molecule has 0 fully saturated rings. The van der Waals surface area contributed by atoms with E-state index in [2.05, 4.69) is 9.97 Å². The van der Waals surface area contributed by atoms with Crippen LogP contribution in [0.1, 0.15) is 51.9 Å². The lowest BCUT2D eigenvalue weighted by molar-refractivity contribution is 0.0778. The van der Waals surface area contributed by atoms with Crippen LogP contribution in [0.15, 0.2) is 52.4 Å². The van der Waals surface area contributed by atoms with Gasteiger partial charge >= 0.3 is 0 Å². The Morgan fingerprint density at radius 3 is 2.45 bits per heavy atom. The van der Waals surface area contributed by atoms with Crippen LogP contribution >= 0.6 is 0 Å². The fourth-order valence-electron chi connectivity index (χ4n) is 3.55. The Morgan fingerprint density at radius 1 is 1.18 bits per heavy atom. The minimum atomic E-state index is -4.38. The van der Waals surface area contributed by atoms with Gasteiger partial charge in [-0.05, 0) is 41.8 Å². The van der Waals surface area contributed by atoms with E-state index in [0.29, 0.717) is 5.56 Å².